The van der Waals surface area contributed by atoms with E-state index >= 15 is 0 Å². The monoisotopic (exact) mass is 499 g/mol. The number of ether oxygens (including phenoxy) is 2. The predicted molar refractivity (Wildman–Crippen MR) is 124 cm³/mol. The molecule has 0 aromatic heterocycles. The van der Waals surface area contributed by atoms with Crippen molar-refractivity contribution in [3.63, 3.8) is 0 Å². The molecule has 168 valence electrons. The first-order valence-corrected chi connectivity index (χ1v) is 11.7. The predicted octanol–water partition coefficient (Wildman–Crippen LogP) is 4.84. The number of Topliss-reactive ketones (excluding diaryl/α,β-unsaturated/α-hetero) is 1. The molecule has 0 spiro atoms. The van der Waals surface area contributed by atoms with Crippen LogP contribution in [0.5, 0.6) is 5.75 Å². The SMILES string of the molecule is CCCOc1ccc(C2C(=C(O)c3ccc(Br)cc3)C(=O)C(=O)N2CC2CCCO2)cc1. The molecule has 2 heterocycles. The highest BCUT2D eigenvalue weighted by Gasteiger charge is 2.47. The van der Waals surface area contributed by atoms with Gasteiger partial charge in [-0.3, -0.25) is 9.59 Å². The molecule has 2 saturated heterocycles. The third-order valence-electron chi connectivity index (χ3n) is 5.75. The van der Waals surface area contributed by atoms with Crippen LogP contribution in [0.15, 0.2) is 58.6 Å². The average molecular weight is 500 g/mol. The fourth-order valence-electron chi connectivity index (χ4n) is 4.15. The van der Waals surface area contributed by atoms with Crippen LogP contribution in [0, 0.1) is 0 Å². The number of nitrogens with zero attached hydrogens (tertiary/aromatic N) is 1. The fraction of sp³-hybridized carbons (Fsp3) is 0.360. The zero-order valence-electron chi connectivity index (χ0n) is 17.9. The number of amides is 1. The van der Waals surface area contributed by atoms with Gasteiger partial charge < -0.3 is 19.5 Å². The topological polar surface area (TPSA) is 76.1 Å². The first-order chi connectivity index (χ1) is 15.5. The van der Waals surface area contributed by atoms with Gasteiger partial charge in [0.1, 0.15) is 11.5 Å². The van der Waals surface area contributed by atoms with E-state index in [1.54, 1.807) is 24.3 Å². The van der Waals surface area contributed by atoms with Crippen molar-refractivity contribution in [1.29, 1.82) is 0 Å². The van der Waals surface area contributed by atoms with Crippen LogP contribution in [-0.2, 0) is 14.3 Å². The van der Waals surface area contributed by atoms with Crippen molar-refractivity contribution in [2.24, 2.45) is 0 Å². The van der Waals surface area contributed by atoms with Gasteiger partial charge in [0.25, 0.3) is 11.7 Å². The van der Waals surface area contributed by atoms with Crippen LogP contribution in [0.3, 0.4) is 0 Å². The molecule has 0 saturated carbocycles. The molecule has 2 aliphatic heterocycles. The summed E-state index contributed by atoms with van der Waals surface area (Å²) in [6, 6.07) is 13.7. The van der Waals surface area contributed by atoms with Gasteiger partial charge >= 0.3 is 0 Å². The lowest BCUT2D eigenvalue weighted by molar-refractivity contribution is -0.140. The van der Waals surface area contributed by atoms with E-state index in [2.05, 4.69) is 15.9 Å². The van der Waals surface area contributed by atoms with Gasteiger partial charge in [-0.25, -0.2) is 0 Å². The minimum atomic E-state index is -0.692. The van der Waals surface area contributed by atoms with Crippen LogP contribution < -0.4 is 4.74 Å². The first kappa shape index (κ1) is 22.6. The lowest BCUT2D eigenvalue weighted by atomic mass is 9.95. The Bertz CT molecular complexity index is 1010. The summed E-state index contributed by atoms with van der Waals surface area (Å²) in [6.07, 6.45) is 2.56. The highest BCUT2D eigenvalue weighted by Crippen LogP contribution is 2.40. The van der Waals surface area contributed by atoms with Gasteiger partial charge in [0, 0.05) is 23.2 Å². The van der Waals surface area contributed by atoms with Gasteiger partial charge in [0.15, 0.2) is 0 Å². The summed E-state index contributed by atoms with van der Waals surface area (Å²) in [5.74, 6) is -0.753. The van der Waals surface area contributed by atoms with Gasteiger partial charge in [-0.2, -0.15) is 0 Å². The molecule has 0 aliphatic carbocycles. The van der Waals surface area contributed by atoms with Crippen molar-refractivity contribution in [3.8, 4) is 5.75 Å². The maximum atomic E-state index is 13.1. The van der Waals surface area contributed by atoms with Crippen molar-refractivity contribution in [3.05, 3.63) is 69.7 Å². The molecule has 2 aromatic carbocycles. The summed E-state index contributed by atoms with van der Waals surface area (Å²) in [6.45, 7) is 3.61. The van der Waals surface area contributed by atoms with E-state index in [-0.39, 0.29) is 17.4 Å². The molecule has 0 bridgehead atoms. The Kier molecular flexibility index (Phi) is 6.96. The van der Waals surface area contributed by atoms with E-state index in [1.165, 1.54) is 4.90 Å². The van der Waals surface area contributed by atoms with Gasteiger partial charge in [-0.1, -0.05) is 47.1 Å². The summed E-state index contributed by atoms with van der Waals surface area (Å²) in [5.41, 5.74) is 1.32. The maximum Gasteiger partial charge on any atom is 0.295 e. The molecule has 6 nitrogen and oxygen atoms in total. The first-order valence-electron chi connectivity index (χ1n) is 10.9. The second-order valence-electron chi connectivity index (χ2n) is 8.01. The summed E-state index contributed by atoms with van der Waals surface area (Å²) in [5, 5.41) is 11.1. The van der Waals surface area contributed by atoms with Gasteiger partial charge in [0.2, 0.25) is 0 Å². The zero-order valence-corrected chi connectivity index (χ0v) is 19.5. The number of hydrogen-bond donors (Lipinski definition) is 1. The lowest BCUT2D eigenvalue weighted by Gasteiger charge is -2.27. The number of benzene rings is 2. The Morgan fingerprint density at radius 3 is 2.50 bits per heavy atom. The lowest BCUT2D eigenvalue weighted by Crippen LogP contribution is -2.36. The number of halogens is 1. The molecule has 2 aliphatic rings. The highest BCUT2D eigenvalue weighted by molar-refractivity contribution is 9.10. The van der Waals surface area contributed by atoms with Crippen LogP contribution in [0.2, 0.25) is 0 Å². The minimum absolute atomic E-state index is 0.0949. The van der Waals surface area contributed by atoms with Crippen LogP contribution in [-0.4, -0.2) is 47.6 Å². The van der Waals surface area contributed by atoms with Crippen molar-refractivity contribution in [2.75, 3.05) is 19.8 Å². The molecular formula is C25H26BrNO5. The van der Waals surface area contributed by atoms with Crippen LogP contribution in [0.25, 0.3) is 5.76 Å². The minimum Gasteiger partial charge on any atom is -0.507 e. The van der Waals surface area contributed by atoms with Gasteiger partial charge in [-0.05, 0) is 49.1 Å². The van der Waals surface area contributed by atoms with E-state index in [0.717, 1.165) is 35.0 Å². The standard InChI is InChI=1S/C25H26BrNO5/c1-2-13-31-19-11-7-16(8-12-19)22-21(23(28)17-5-9-18(26)10-6-17)24(29)25(30)27(22)15-20-4-3-14-32-20/h5-12,20,22,28H,2-4,13-15H2,1H3. The maximum absolute atomic E-state index is 13.1. The molecule has 7 heteroatoms. The fourth-order valence-corrected chi connectivity index (χ4v) is 4.42. The number of rotatable bonds is 7. The molecule has 0 radical (unpaired) electrons. The Hall–Kier alpha value is -2.64. The second kappa shape index (κ2) is 9.88. The second-order valence-corrected chi connectivity index (χ2v) is 8.93. The third-order valence-corrected chi connectivity index (χ3v) is 6.28. The Balaban J connectivity index is 1.75. The summed E-state index contributed by atoms with van der Waals surface area (Å²) in [7, 11) is 0. The molecule has 1 N–H and O–H groups in total. The number of aliphatic hydroxyl groups excluding tert-OH is 1. The van der Waals surface area contributed by atoms with E-state index in [0.29, 0.717) is 25.3 Å². The Labute approximate surface area is 196 Å². The smallest absolute Gasteiger partial charge is 0.295 e. The third kappa shape index (κ3) is 4.59. The van der Waals surface area contributed by atoms with E-state index in [9.17, 15) is 14.7 Å². The van der Waals surface area contributed by atoms with Crippen molar-refractivity contribution < 1.29 is 24.2 Å². The Morgan fingerprint density at radius 2 is 1.88 bits per heavy atom. The number of hydrogen-bond acceptors (Lipinski definition) is 5. The van der Waals surface area contributed by atoms with E-state index in [1.807, 2.05) is 31.2 Å². The number of likely N-dealkylation sites (tertiary alicyclic amines) is 1. The number of carbonyl (C=O) groups is 2. The average Bonchev–Trinajstić information content (AvgIpc) is 3.40. The van der Waals surface area contributed by atoms with Crippen molar-refractivity contribution >= 4 is 33.4 Å². The molecule has 32 heavy (non-hydrogen) atoms. The molecule has 2 unspecified atom stereocenters. The molecule has 1 amide bonds. The zero-order chi connectivity index (χ0) is 22.7. The number of carbonyl (C=O) groups excluding carboxylic acids is 2. The van der Waals surface area contributed by atoms with Crippen molar-refractivity contribution in [2.45, 2.75) is 38.3 Å². The van der Waals surface area contributed by atoms with Crippen molar-refractivity contribution in [1.82, 2.24) is 4.90 Å². The van der Waals surface area contributed by atoms with Gasteiger partial charge in [-0.15, -0.1) is 0 Å². The summed E-state index contributed by atoms with van der Waals surface area (Å²) in [4.78, 5) is 27.6. The molecular weight excluding hydrogens is 474 g/mol. The molecule has 2 atom stereocenters. The number of ketones is 1. The highest BCUT2D eigenvalue weighted by atomic mass is 79.9. The normalized spacial score (nSPS) is 22.5. The van der Waals surface area contributed by atoms with E-state index < -0.39 is 17.7 Å². The summed E-state index contributed by atoms with van der Waals surface area (Å²) < 4.78 is 12.3. The quantitative estimate of drug-likeness (QED) is 0.335. The van der Waals surface area contributed by atoms with Crippen LogP contribution in [0.4, 0.5) is 0 Å². The number of aliphatic hydroxyl groups is 1. The Morgan fingerprint density at radius 1 is 1.16 bits per heavy atom. The molecule has 4 rings (SSSR count). The summed E-state index contributed by atoms with van der Waals surface area (Å²) >= 11 is 3.38. The largest absolute Gasteiger partial charge is 0.507 e. The van der Waals surface area contributed by atoms with Crippen LogP contribution >= 0.6 is 15.9 Å². The molecule has 2 aromatic rings. The van der Waals surface area contributed by atoms with E-state index in [4.69, 9.17) is 9.47 Å². The van der Waals surface area contributed by atoms with Crippen LogP contribution in [0.1, 0.15) is 43.4 Å². The molecule has 2 fully saturated rings. The van der Waals surface area contributed by atoms with Gasteiger partial charge in [0.05, 0.1) is 24.3 Å².